The predicted octanol–water partition coefficient (Wildman–Crippen LogP) is 1.03. The maximum absolute atomic E-state index is 13.6. The summed E-state index contributed by atoms with van der Waals surface area (Å²) in [6.45, 7) is 0.263. The summed E-state index contributed by atoms with van der Waals surface area (Å²) in [6, 6.07) is 0.782. The molecule has 1 aromatic carbocycles. The molecule has 1 N–H and O–H groups in total. The van der Waals surface area contributed by atoms with E-state index < -0.39 is 28.4 Å². The first-order chi connectivity index (χ1) is 9.95. The van der Waals surface area contributed by atoms with Crippen LogP contribution in [0.5, 0.6) is 5.75 Å². The van der Waals surface area contributed by atoms with E-state index in [1.54, 1.807) is 0 Å². The fourth-order valence-corrected chi connectivity index (χ4v) is 2.16. The van der Waals surface area contributed by atoms with Crippen molar-refractivity contribution < 1.29 is 28.7 Å². The van der Waals surface area contributed by atoms with Crippen LogP contribution in [-0.4, -0.2) is 48.9 Å². The van der Waals surface area contributed by atoms with Gasteiger partial charge in [0.25, 0.3) is 5.69 Å². The van der Waals surface area contributed by atoms with Gasteiger partial charge in [-0.2, -0.15) is 0 Å². The van der Waals surface area contributed by atoms with E-state index >= 15 is 0 Å². The largest absolute Gasteiger partial charge is 0.494 e. The van der Waals surface area contributed by atoms with E-state index in [1.807, 2.05) is 0 Å². The average Bonchev–Trinajstić information content (AvgIpc) is 2.46. The van der Waals surface area contributed by atoms with Crippen LogP contribution in [0.3, 0.4) is 0 Å². The molecule has 0 bridgehead atoms. The molecule has 1 aliphatic rings. The van der Waals surface area contributed by atoms with Gasteiger partial charge in [-0.25, -0.2) is 9.18 Å². The summed E-state index contributed by atoms with van der Waals surface area (Å²) >= 11 is 0. The Kier molecular flexibility index (Phi) is 4.22. The zero-order chi connectivity index (χ0) is 15.6. The minimum absolute atomic E-state index is 0.00560. The van der Waals surface area contributed by atoms with E-state index in [4.69, 9.17) is 9.47 Å². The number of morpholine rings is 1. The molecule has 1 heterocycles. The van der Waals surface area contributed by atoms with Crippen LogP contribution < -0.4 is 9.64 Å². The summed E-state index contributed by atoms with van der Waals surface area (Å²) < 4.78 is 23.5. The van der Waals surface area contributed by atoms with Crippen molar-refractivity contribution in [1.82, 2.24) is 0 Å². The number of carboxylic acids is 1. The zero-order valence-corrected chi connectivity index (χ0v) is 11.1. The SMILES string of the molecule is COc1cc(N2CCOCC2C(=O)O)c([N+](=O)[O-])cc1F. The highest BCUT2D eigenvalue weighted by Gasteiger charge is 2.34. The third-order valence-electron chi connectivity index (χ3n) is 3.17. The van der Waals surface area contributed by atoms with Gasteiger partial charge in [0.15, 0.2) is 17.6 Å². The molecular formula is C12H13FN2O6. The maximum atomic E-state index is 13.6. The number of anilines is 1. The normalized spacial score (nSPS) is 18.4. The highest BCUT2D eigenvalue weighted by molar-refractivity contribution is 5.81. The molecule has 0 aliphatic carbocycles. The zero-order valence-electron chi connectivity index (χ0n) is 11.1. The fraction of sp³-hybridized carbons (Fsp3) is 0.417. The number of nitrogens with zero attached hydrogens (tertiary/aromatic N) is 2. The number of carbonyl (C=O) groups is 1. The lowest BCUT2D eigenvalue weighted by Gasteiger charge is -2.34. The molecule has 0 aromatic heterocycles. The van der Waals surface area contributed by atoms with Crippen LogP contribution in [-0.2, 0) is 9.53 Å². The molecule has 0 amide bonds. The summed E-state index contributed by atoms with van der Waals surface area (Å²) in [7, 11) is 1.22. The smallest absolute Gasteiger partial charge is 0.328 e. The molecule has 9 heteroatoms. The van der Waals surface area contributed by atoms with Crippen molar-refractivity contribution in [1.29, 1.82) is 0 Å². The minimum atomic E-state index is -1.17. The Bertz CT molecular complexity index is 579. The Morgan fingerprint density at radius 3 is 2.90 bits per heavy atom. The summed E-state index contributed by atoms with van der Waals surface area (Å²) in [6.07, 6.45) is 0. The molecule has 8 nitrogen and oxygen atoms in total. The van der Waals surface area contributed by atoms with Crippen molar-refractivity contribution in [3.8, 4) is 5.75 Å². The van der Waals surface area contributed by atoms with E-state index in [0.29, 0.717) is 0 Å². The van der Waals surface area contributed by atoms with Gasteiger partial charge in [0.1, 0.15) is 5.69 Å². The molecule has 1 atom stereocenters. The number of halogens is 1. The van der Waals surface area contributed by atoms with E-state index in [2.05, 4.69) is 0 Å². The molecule has 1 aliphatic heterocycles. The van der Waals surface area contributed by atoms with Crippen molar-refractivity contribution in [2.45, 2.75) is 6.04 Å². The predicted molar refractivity (Wildman–Crippen MR) is 69.2 cm³/mol. The number of ether oxygens (including phenoxy) is 2. The maximum Gasteiger partial charge on any atom is 0.328 e. The van der Waals surface area contributed by atoms with Crippen LogP contribution in [0.15, 0.2) is 12.1 Å². The van der Waals surface area contributed by atoms with Crippen LogP contribution in [0.4, 0.5) is 15.8 Å². The standard InChI is InChI=1S/C12H13FN2O6/c1-20-11-5-8(9(15(18)19)4-7(11)13)14-2-3-21-6-10(14)12(16)17/h4-5,10H,2-3,6H2,1H3,(H,16,17). The second-order valence-corrected chi connectivity index (χ2v) is 4.35. The molecule has 21 heavy (non-hydrogen) atoms. The Labute approximate surface area is 118 Å². The molecule has 1 saturated heterocycles. The van der Waals surface area contributed by atoms with Gasteiger partial charge in [-0.3, -0.25) is 10.1 Å². The van der Waals surface area contributed by atoms with Gasteiger partial charge in [-0.15, -0.1) is 0 Å². The number of nitro groups is 1. The molecule has 114 valence electrons. The number of hydrogen-bond donors (Lipinski definition) is 1. The Balaban J connectivity index is 2.53. The molecular weight excluding hydrogens is 287 g/mol. The van der Waals surface area contributed by atoms with Gasteiger partial charge in [-0.05, 0) is 0 Å². The quantitative estimate of drug-likeness (QED) is 0.654. The van der Waals surface area contributed by atoms with Crippen molar-refractivity contribution in [3.63, 3.8) is 0 Å². The highest BCUT2D eigenvalue weighted by atomic mass is 19.1. The summed E-state index contributed by atoms with van der Waals surface area (Å²) in [5.41, 5.74) is -0.518. The number of carboxylic acid groups (broad SMARTS) is 1. The molecule has 0 saturated carbocycles. The molecule has 0 radical (unpaired) electrons. The van der Waals surface area contributed by atoms with Crippen molar-refractivity contribution in [2.75, 3.05) is 31.8 Å². The molecule has 1 aromatic rings. The number of aliphatic carboxylic acids is 1. The van der Waals surface area contributed by atoms with Gasteiger partial charge < -0.3 is 19.5 Å². The van der Waals surface area contributed by atoms with Crippen molar-refractivity contribution >= 4 is 17.3 Å². The number of hydrogen-bond acceptors (Lipinski definition) is 6. The molecule has 1 fully saturated rings. The third kappa shape index (κ3) is 2.87. The van der Waals surface area contributed by atoms with Crippen LogP contribution in [0, 0.1) is 15.9 Å². The fourth-order valence-electron chi connectivity index (χ4n) is 2.16. The van der Waals surface area contributed by atoms with Crippen LogP contribution in [0.1, 0.15) is 0 Å². The number of methoxy groups -OCH3 is 1. The average molecular weight is 300 g/mol. The minimum Gasteiger partial charge on any atom is -0.494 e. The first kappa shape index (κ1) is 15.0. The Morgan fingerprint density at radius 1 is 1.62 bits per heavy atom. The van der Waals surface area contributed by atoms with Gasteiger partial charge in [-0.1, -0.05) is 0 Å². The lowest BCUT2D eigenvalue weighted by molar-refractivity contribution is -0.384. The van der Waals surface area contributed by atoms with E-state index in [-0.39, 0.29) is 31.2 Å². The van der Waals surface area contributed by atoms with Gasteiger partial charge >= 0.3 is 5.97 Å². The molecule has 2 rings (SSSR count). The van der Waals surface area contributed by atoms with E-state index in [9.17, 15) is 24.4 Å². The van der Waals surface area contributed by atoms with Gasteiger partial charge in [0, 0.05) is 12.6 Å². The Morgan fingerprint density at radius 2 is 2.33 bits per heavy atom. The van der Waals surface area contributed by atoms with Crippen molar-refractivity contribution in [2.24, 2.45) is 0 Å². The summed E-state index contributed by atoms with van der Waals surface area (Å²) in [5.74, 6) is -2.24. The monoisotopic (exact) mass is 300 g/mol. The van der Waals surface area contributed by atoms with E-state index in [0.717, 1.165) is 12.1 Å². The summed E-state index contributed by atoms with van der Waals surface area (Å²) in [4.78, 5) is 22.9. The first-order valence-corrected chi connectivity index (χ1v) is 6.04. The number of rotatable bonds is 4. The highest BCUT2D eigenvalue weighted by Crippen LogP contribution is 2.36. The molecule has 1 unspecified atom stereocenters. The third-order valence-corrected chi connectivity index (χ3v) is 3.17. The van der Waals surface area contributed by atoms with Gasteiger partial charge in [0.05, 0.1) is 31.3 Å². The lowest BCUT2D eigenvalue weighted by Crippen LogP contribution is -2.50. The number of benzene rings is 1. The van der Waals surface area contributed by atoms with E-state index in [1.165, 1.54) is 12.0 Å². The van der Waals surface area contributed by atoms with Gasteiger partial charge in [0.2, 0.25) is 0 Å². The lowest BCUT2D eigenvalue weighted by atomic mass is 10.1. The van der Waals surface area contributed by atoms with Crippen LogP contribution >= 0.6 is 0 Å². The molecule has 0 spiro atoms. The van der Waals surface area contributed by atoms with Crippen LogP contribution in [0.25, 0.3) is 0 Å². The van der Waals surface area contributed by atoms with Crippen molar-refractivity contribution in [3.05, 3.63) is 28.1 Å². The topological polar surface area (TPSA) is 102 Å². The second kappa shape index (κ2) is 5.92. The Hall–Kier alpha value is -2.42. The second-order valence-electron chi connectivity index (χ2n) is 4.35. The summed E-state index contributed by atoms with van der Waals surface area (Å²) in [5, 5.41) is 20.3. The first-order valence-electron chi connectivity index (χ1n) is 6.04. The number of nitro benzene ring substituents is 1. The van der Waals surface area contributed by atoms with Crippen LogP contribution in [0.2, 0.25) is 0 Å².